The number of halogens is 2. The van der Waals surface area contributed by atoms with E-state index in [1.165, 1.54) is 6.33 Å². The highest BCUT2D eigenvalue weighted by atomic mass is 79.9. The molecule has 0 aliphatic carbocycles. The fourth-order valence-corrected chi connectivity index (χ4v) is 1.92. The van der Waals surface area contributed by atoms with Gasteiger partial charge in [0, 0.05) is 6.42 Å². The topological polar surface area (TPSA) is 59.8 Å². The Labute approximate surface area is 117 Å². The van der Waals surface area contributed by atoms with Crippen LogP contribution in [0.1, 0.15) is 6.42 Å². The summed E-state index contributed by atoms with van der Waals surface area (Å²) in [5, 5.41) is 7.26. The van der Waals surface area contributed by atoms with E-state index in [1.54, 1.807) is 29.2 Å². The van der Waals surface area contributed by atoms with Crippen molar-refractivity contribution in [2.24, 2.45) is 0 Å². The zero-order valence-electron chi connectivity index (χ0n) is 9.31. The minimum atomic E-state index is -0.103. The van der Waals surface area contributed by atoms with Crippen LogP contribution in [0.4, 0.5) is 5.69 Å². The molecule has 1 aromatic heterocycles. The molecule has 1 aromatic carbocycles. The van der Waals surface area contributed by atoms with Gasteiger partial charge in [-0.2, -0.15) is 5.10 Å². The Morgan fingerprint density at radius 3 is 3.06 bits per heavy atom. The Hall–Kier alpha value is -1.40. The molecule has 1 N–H and O–H groups in total. The van der Waals surface area contributed by atoms with Gasteiger partial charge in [-0.05, 0) is 28.1 Å². The van der Waals surface area contributed by atoms with Gasteiger partial charge in [-0.15, -0.1) is 0 Å². The van der Waals surface area contributed by atoms with Crippen molar-refractivity contribution in [2.75, 3.05) is 5.32 Å². The summed E-state index contributed by atoms with van der Waals surface area (Å²) in [6.07, 6.45) is 3.33. The fourth-order valence-electron chi connectivity index (χ4n) is 1.38. The zero-order valence-corrected chi connectivity index (χ0v) is 11.6. The molecule has 5 nitrogen and oxygen atoms in total. The number of carbonyl (C=O) groups is 1. The van der Waals surface area contributed by atoms with E-state index in [1.807, 2.05) is 0 Å². The van der Waals surface area contributed by atoms with Crippen LogP contribution in [0.3, 0.4) is 0 Å². The predicted molar refractivity (Wildman–Crippen MR) is 72.4 cm³/mol. The SMILES string of the molecule is O=C(CCn1cncn1)Nc1cccc(Cl)c1Br. The predicted octanol–water partition coefficient (Wildman–Crippen LogP) is 2.72. The molecule has 2 aromatic rings. The second kappa shape index (κ2) is 5.97. The number of hydrogen-bond acceptors (Lipinski definition) is 3. The van der Waals surface area contributed by atoms with Crippen molar-refractivity contribution in [3.8, 4) is 0 Å². The molecule has 1 heterocycles. The van der Waals surface area contributed by atoms with Crippen LogP contribution in [0, 0.1) is 0 Å². The largest absolute Gasteiger partial charge is 0.325 e. The highest BCUT2D eigenvalue weighted by molar-refractivity contribution is 9.10. The second-order valence-corrected chi connectivity index (χ2v) is 4.76. The number of amides is 1. The van der Waals surface area contributed by atoms with E-state index in [-0.39, 0.29) is 5.91 Å². The summed E-state index contributed by atoms with van der Waals surface area (Å²) in [4.78, 5) is 15.5. The molecule has 1 amide bonds. The minimum absolute atomic E-state index is 0.103. The van der Waals surface area contributed by atoms with Crippen molar-refractivity contribution in [2.45, 2.75) is 13.0 Å². The standard InChI is InChI=1S/C11H10BrClN4O/c12-11-8(13)2-1-3-9(11)16-10(18)4-5-17-7-14-6-15-17/h1-3,6-7H,4-5H2,(H,16,18). The van der Waals surface area contributed by atoms with Crippen LogP contribution in [-0.4, -0.2) is 20.7 Å². The Balaban J connectivity index is 1.93. The van der Waals surface area contributed by atoms with Crippen molar-refractivity contribution in [3.63, 3.8) is 0 Å². The van der Waals surface area contributed by atoms with E-state index in [2.05, 4.69) is 31.3 Å². The maximum Gasteiger partial charge on any atom is 0.226 e. The lowest BCUT2D eigenvalue weighted by atomic mass is 10.3. The molecule has 0 aliphatic heterocycles. The average molecular weight is 330 g/mol. The normalized spacial score (nSPS) is 10.3. The third-order valence-electron chi connectivity index (χ3n) is 2.26. The molecule has 0 saturated carbocycles. The number of nitrogens with zero attached hydrogens (tertiary/aromatic N) is 3. The molecule has 2 rings (SSSR count). The molecule has 0 spiro atoms. The first-order valence-corrected chi connectivity index (χ1v) is 6.40. The van der Waals surface area contributed by atoms with E-state index < -0.39 is 0 Å². The number of anilines is 1. The highest BCUT2D eigenvalue weighted by Gasteiger charge is 2.08. The molecule has 18 heavy (non-hydrogen) atoms. The Bertz CT molecular complexity index is 544. The number of benzene rings is 1. The molecule has 0 aliphatic rings. The van der Waals surface area contributed by atoms with E-state index in [9.17, 15) is 4.79 Å². The van der Waals surface area contributed by atoms with Gasteiger partial charge in [0.2, 0.25) is 5.91 Å². The van der Waals surface area contributed by atoms with Crippen molar-refractivity contribution in [3.05, 3.63) is 40.3 Å². The first kappa shape index (κ1) is 13.0. The minimum Gasteiger partial charge on any atom is -0.325 e. The average Bonchev–Trinajstić information content (AvgIpc) is 2.86. The van der Waals surface area contributed by atoms with Gasteiger partial charge in [0.15, 0.2) is 0 Å². The van der Waals surface area contributed by atoms with Crippen LogP contribution in [0.25, 0.3) is 0 Å². The van der Waals surface area contributed by atoms with Crippen LogP contribution in [0.2, 0.25) is 5.02 Å². The van der Waals surface area contributed by atoms with Gasteiger partial charge in [0.25, 0.3) is 0 Å². The summed E-state index contributed by atoms with van der Waals surface area (Å²) in [6, 6.07) is 5.31. The number of carbonyl (C=O) groups excluding carboxylic acids is 1. The van der Waals surface area contributed by atoms with Gasteiger partial charge in [0.05, 0.1) is 21.7 Å². The van der Waals surface area contributed by atoms with Crippen molar-refractivity contribution in [1.82, 2.24) is 14.8 Å². The number of aryl methyl sites for hydroxylation is 1. The van der Waals surface area contributed by atoms with Crippen LogP contribution in [0.5, 0.6) is 0 Å². The van der Waals surface area contributed by atoms with E-state index in [0.29, 0.717) is 28.1 Å². The summed E-state index contributed by atoms with van der Waals surface area (Å²) >= 11 is 9.26. The number of hydrogen-bond donors (Lipinski definition) is 1. The molecule has 0 fully saturated rings. The summed E-state index contributed by atoms with van der Waals surface area (Å²) in [7, 11) is 0. The van der Waals surface area contributed by atoms with E-state index in [4.69, 9.17) is 11.6 Å². The monoisotopic (exact) mass is 328 g/mol. The van der Waals surface area contributed by atoms with Gasteiger partial charge in [0.1, 0.15) is 12.7 Å². The van der Waals surface area contributed by atoms with Crippen LogP contribution >= 0.6 is 27.5 Å². The van der Waals surface area contributed by atoms with Crippen molar-refractivity contribution >= 4 is 39.1 Å². The molecule has 0 saturated heterocycles. The molecular weight excluding hydrogens is 320 g/mol. The first-order valence-electron chi connectivity index (χ1n) is 5.23. The maximum atomic E-state index is 11.7. The molecule has 0 bridgehead atoms. The highest BCUT2D eigenvalue weighted by Crippen LogP contribution is 2.29. The van der Waals surface area contributed by atoms with Gasteiger partial charge < -0.3 is 5.32 Å². The smallest absolute Gasteiger partial charge is 0.226 e. The summed E-state index contributed by atoms with van der Waals surface area (Å²) in [5.41, 5.74) is 0.658. The van der Waals surface area contributed by atoms with Crippen LogP contribution < -0.4 is 5.32 Å². The maximum absolute atomic E-state index is 11.7. The van der Waals surface area contributed by atoms with Crippen LogP contribution in [0.15, 0.2) is 35.3 Å². The van der Waals surface area contributed by atoms with Gasteiger partial charge in [-0.3, -0.25) is 9.48 Å². The van der Waals surface area contributed by atoms with Gasteiger partial charge in [-0.25, -0.2) is 4.98 Å². The molecule has 7 heteroatoms. The summed E-state index contributed by atoms with van der Waals surface area (Å²) in [5.74, 6) is -0.103. The van der Waals surface area contributed by atoms with Crippen LogP contribution in [-0.2, 0) is 11.3 Å². The Morgan fingerprint density at radius 1 is 1.50 bits per heavy atom. The quantitative estimate of drug-likeness (QED) is 0.938. The molecule has 0 radical (unpaired) electrons. The number of aromatic nitrogens is 3. The molecule has 94 valence electrons. The zero-order chi connectivity index (χ0) is 13.0. The number of rotatable bonds is 4. The lowest BCUT2D eigenvalue weighted by Gasteiger charge is -2.08. The van der Waals surface area contributed by atoms with Crippen molar-refractivity contribution in [1.29, 1.82) is 0 Å². The summed E-state index contributed by atoms with van der Waals surface area (Å²) in [6.45, 7) is 0.490. The van der Waals surface area contributed by atoms with Gasteiger partial charge in [-0.1, -0.05) is 17.7 Å². The third-order valence-corrected chi connectivity index (χ3v) is 3.66. The Kier molecular flexibility index (Phi) is 4.33. The fraction of sp³-hybridized carbons (Fsp3) is 0.182. The molecule has 0 unspecified atom stereocenters. The van der Waals surface area contributed by atoms with Crippen molar-refractivity contribution < 1.29 is 4.79 Å². The van der Waals surface area contributed by atoms with E-state index >= 15 is 0 Å². The molecular formula is C11H10BrClN4O. The summed E-state index contributed by atoms with van der Waals surface area (Å²) < 4.78 is 2.29. The second-order valence-electron chi connectivity index (χ2n) is 3.56. The Morgan fingerprint density at radius 2 is 2.33 bits per heavy atom. The lowest BCUT2D eigenvalue weighted by Crippen LogP contribution is -2.15. The number of nitrogens with one attached hydrogen (secondary N) is 1. The van der Waals surface area contributed by atoms with E-state index in [0.717, 1.165) is 0 Å². The van der Waals surface area contributed by atoms with Gasteiger partial charge >= 0.3 is 0 Å². The third kappa shape index (κ3) is 3.30. The lowest BCUT2D eigenvalue weighted by molar-refractivity contribution is -0.116. The molecule has 0 atom stereocenters. The first-order chi connectivity index (χ1) is 8.66.